The Morgan fingerprint density at radius 2 is 1.64 bits per heavy atom. The standard InChI is InChI=1S/C24H20F6N6/c1-13(2)11-32-20-10-18(34-19-8-5-14(12-33-19)23(25,26)27)15-6-7-17(35-22(15)36-20)21-16(24(28,29)30)4-3-9-31-21/h3-10,12-13H,11H2,1-2H3,(H2,32,33,34,35,36). The molecular weight excluding hydrogens is 486 g/mol. The van der Waals surface area contributed by atoms with Gasteiger partial charge in [0.2, 0.25) is 0 Å². The minimum atomic E-state index is -4.63. The van der Waals surface area contributed by atoms with Gasteiger partial charge in [0.15, 0.2) is 5.65 Å². The summed E-state index contributed by atoms with van der Waals surface area (Å²) in [5, 5.41) is 6.52. The summed E-state index contributed by atoms with van der Waals surface area (Å²) in [6.07, 6.45) is -7.20. The molecule has 0 aliphatic rings. The van der Waals surface area contributed by atoms with Crippen molar-refractivity contribution < 1.29 is 26.3 Å². The monoisotopic (exact) mass is 506 g/mol. The zero-order valence-electron chi connectivity index (χ0n) is 19.0. The molecule has 4 aromatic rings. The van der Waals surface area contributed by atoms with Crippen molar-refractivity contribution in [2.45, 2.75) is 26.2 Å². The third kappa shape index (κ3) is 5.64. The molecule has 4 aromatic heterocycles. The quantitative estimate of drug-likeness (QED) is 0.276. The molecule has 0 unspecified atom stereocenters. The molecule has 0 aliphatic heterocycles. The fourth-order valence-electron chi connectivity index (χ4n) is 3.35. The van der Waals surface area contributed by atoms with E-state index in [1.807, 2.05) is 13.8 Å². The van der Waals surface area contributed by atoms with E-state index in [0.29, 0.717) is 29.6 Å². The van der Waals surface area contributed by atoms with E-state index in [1.165, 1.54) is 30.5 Å². The first-order valence-electron chi connectivity index (χ1n) is 10.8. The van der Waals surface area contributed by atoms with Crippen molar-refractivity contribution in [3.8, 4) is 11.4 Å². The third-order valence-corrected chi connectivity index (χ3v) is 5.07. The van der Waals surface area contributed by atoms with Crippen LogP contribution in [-0.2, 0) is 12.4 Å². The molecule has 0 saturated heterocycles. The summed E-state index contributed by atoms with van der Waals surface area (Å²) in [6.45, 7) is 4.51. The minimum absolute atomic E-state index is 0.0254. The molecule has 36 heavy (non-hydrogen) atoms. The van der Waals surface area contributed by atoms with E-state index < -0.39 is 23.5 Å². The molecule has 6 nitrogen and oxygen atoms in total. The van der Waals surface area contributed by atoms with Crippen molar-refractivity contribution in [3.63, 3.8) is 0 Å². The van der Waals surface area contributed by atoms with Gasteiger partial charge in [-0.25, -0.2) is 15.0 Å². The van der Waals surface area contributed by atoms with Crippen LogP contribution in [0.2, 0.25) is 0 Å². The second-order valence-corrected chi connectivity index (χ2v) is 8.35. The van der Waals surface area contributed by atoms with Gasteiger partial charge in [0.25, 0.3) is 0 Å². The Hall–Kier alpha value is -3.96. The lowest BCUT2D eigenvalue weighted by molar-refractivity contribution is -0.138. The predicted octanol–water partition coefficient (Wildman–Crippen LogP) is 6.94. The van der Waals surface area contributed by atoms with Crippen LogP contribution in [-0.4, -0.2) is 26.5 Å². The predicted molar refractivity (Wildman–Crippen MR) is 124 cm³/mol. The highest BCUT2D eigenvalue weighted by molar-refractivity contribution is 5.93. The Morgan fingerprint density at radius 1 is 0.861 bits per heavy atom. The van der Waals surface area contributed by atoms with Crippen molar-refractivity contribution in [2.24, 2.45) is 5.92 Å². The van der Waals surface area contributed by atoms with Crippen molar-refractivity contribution in [1.29, 1.82) is 0 Å². The van der Waals surface area contributed by atoms with Gasteiger partial charge in [-0.3, -0.25) is 4.98 Å². The topological polar surface area (TPSA) is 75.6 Å². The number of hydrogen-bond donors (Lipinski definition) is 2. The van der Waals surface area contributed by atoms with Gasteiger partial charge < -0.3 is 10.6 Å². The van der Waals surface area contributed by atoms with E-state index in [-0.39, 0.29) is 28.8 Å². The maximum Gasteiger partial charge on any atom is 0.418 e. The van der Waals surface area contributed by atoms with Crippen LogP contribution in [0.5, 0.6) is 0 Å². The molecule has 0 fully saturated rings. The van der Waals surface area contributed by atoms with Crippen LogP contribution < -0.4 is 10.6 Å². The van der Waals surface area contributed by atoms with Crippen molar-refractivity contribution in [2.75, 3.05) is 17.2 Å². The van der Waals surface area contributed by atoms with Crippen LogP contribution in [0.1, 0.15) is 25.0 Å². The zero-order chi connectivity index (χ0) is 26.1. The Balaban J connectivity index is 1.79. The van der Waals surface area contributed by atoms with Crippen molar-refractivity contribution >= 4 is 28.4 Å². The zero-order valence-corrected chi connectivity index (χ0v) is 19.0. The number of nitrogens with one attached hydrogen (secondary N) is 2. The molecule has 0 atom stereocenters. The maximum absolute atomic E-state index is 13.5. The van der Waals surface area contributed by atoms with E-state index >= 15 is 0 Å². The van der Waals surface area contributed by atoms with E-state index in [4.69, 9.17) is 0 Å². The van der Waals surface area contributed by atoms with Crippen LogP contribution in [0.25, 0.3) is 22.4 Å². The summed E-state index contributed by atoms with van der Waals surface area (Å²) < 4.78 is 79.2. The molecule has 0 amide bonds. The number of aromatic nitrogens is 4. The number of rotatable bonds is 6. The maximum atomic E-state index is 13.5. The number of fused-ring (bicyclic) bond motifs is 1. The normalized spacial score (nSPS) is 12.2. The van der Waals surface area contributed by atoms with Crippen LogP contribution in [0.3, 0.4) is 0 Å². The summed E-state index contributed by atoms with van der Waals surface area (Å²) in [7, 11) is 0. The SMILES string of the molecule is CC(C)CNc1cc(Nc2ccc(C(F)(F)F)cn2)c2ccc(-c3ncccc3C(F)(F)F)nc2n1. The average Bonchev–Trinajstić information content (AvgIpc) is 2.81. The summed E-state index contributed by atoms with van der Waals surface area (Å²) in [5.74, 6) is 0.781. The van der Waals surface area contributed by atoms with Crippen molar-refractivity contribution in [3.05, 3.63) is 66.0 Å². The summed E-state index contributed by atoms with van der Waals surface area (Å²) in [5.41, 5.74) is -1.66. The van der Waals surface area contributed by atoms with Gasteiger partial charge >= 0.3 is 12.4 Å². The Kier molecular flexibility index (Phi) is 6.70. The Morgan fingerprint density at radius 3 is 2.28 bits per heavy atom. The summed E-state index contributed by atoms with van der Waals surface area (Å²) in [4.78, 5) is 16.5. The van der Waals surface area contributed by atoms with E-state index in [1.54, 1.807) is 6.07 Å². The summed E-state index contributed by atoms with van der Waals surface area (Å²) >= 11 is 0. The first kappa shape index (κ1) is 25.1. The number of halogens is 6. The molecule has 0 bridgehead atoms. The molecule has 0 aliphatic carbocycles. The Bertz CT molecular complexity index is 1370. The molecular formula is C24H20F6N6. The number of anilines is 3. The van der Waals surface area contributed by atoms with Crippen LogP contribution in [0.4, 0.5) is 43.7 Å². The van der Waals surface area contributed by atoms with Gasteiger partial charge in [0.1, 0.15) is 17.3 Å². The lowest BCUT2D eigenvalue weighted by Gasteiger charge is -2.15. The molecule has 4 heterocycles. The highest BCUT2D eigenvalue weighted by atomic mass is 19.4. The van der Waals surface area contributed by atoms with Gasteiger partial charge in [-0.1, -0.05) is 13.8 Å². The van der Waals surface area contributed by atoms with Crippen LogP contribution in [0, 0.1) is 5.92 Å². The lowest BCUT2D eigenvalue weighted by atomic mass is 10.1. The van der Waals surface area contributed by atoms with Gasteiger partial charge in [0, 0.05) is 30.4 Å². The van der Waals surface area contributed by atoms with Gasteiger partial charge in [0.05, 0.1) is 22.5 Å². The summed E-state index contributed by atoms with van der Waals surface area (Å²) in [6, 6.07) is 8.73. The second-order valence-electron chi connectivity index (χ2n) is 8.35. The first-order chi connectivity index (χ1) is 16.9. The van der Waals surface area contributed by atoms with E-state index in [2.05, 4.69) is 30.6 Å². The second kappa shape index (κ2) is 9.59. The Labute approximate surface area is 201 Å². The molecule has 4 rings (SSSR count). The molecule has 0 spiro atoms. The first-order valence-corrected chi connectivity index (χ1v) is 10.8. The lowest BCUT2D eigenvalue weighted by Crippen LogP contribution is -2.11. The van der Waals surface area contributed by atoms with E-state index in [9.17, 15) is 26.3 Å². The minimum Gasteiger partial charge on any atom is -0.370 e. The van der Waals surface area contributed by atoms with Crippen LogP contribution >= 0.6 is 0 Å². The van der Waals surface area contributed by atoms with E-state index in [0.717, 1.165) is 12.1 Å². The number of alkyl halides is 6. The number of nitrogens with zero attached hydrogens (tertiary/aromatic N) is 4. The number of hydrogen-bond acceptors (Lipinski definition) is 6. The van der Waals surface area contributed by atoms with Crippen LogP contribution in [0.15, 0.2) is 54.9 Å². The molecule has 12 heteroatoms. The smallest absolute Gasteiger partial charge is 0.370 e. The van der Waals surface area contributed by atoms with Gasteiger partial charge in [-0.2, -0.15) is 26.3 Å². The molecule has 0 aromatic carbocycles. The highest BCUT2D eigenvalue weighted by Gasteiger charge is 2.35. The highest BCUT2D eigenvalue weighted by Crippen LogP contribution is 2.36. The molecule has 188 valence electrons. The number of pyridine rings is 4. The van der Waals surface area contributed by atoms with Gasteiger partial charge in [-0.15, -0.1) is 0 Å². The largest absolute Gasteiger partial charge is 0.418 e. The fraction of sp³-hybridized carbons (Fsp3) is 0.250. The molecule has 0 radical (unpaired) electrons. The average molecular weight is 506 g/mol. The molecule has 0 saturated carbocycles. The molecule has 2 N–H and O–H groups in total. The van der Waals surface area contributed by atoms with Crippen molar-refractivity contribution in [1.82, 2.24) is 19.9 Å². The fourth-order valence-corrected chi connectivity index (χ4v) is 3.35. The third-order valence-electron chi connectivity index (χ3n) is 5.07. The van der Waals surface area contributed by atoms with Gasteiger partial charge in [-0.05, 0) is 42.3 Å².